The maximum atomic E-state index is 12.3. The normalized spacial score (nSPS) is 16.6. The van der Waals surface area contributed by atoms with Crippen LogP contribution in [0.4, 0.5) is 0 Å². The van der Waals surface area contributed by atoms with Crippen LogP contribution in [0.3, 0.4) is 0 Å². The summed E-state index contributed by atoms with van der Waals surface area (Å²) in [6.45, 7) is 10.7. The second kappa shape index (κ2) is 10.1. The van der Waals surface area contributed by atoms with Crippen molar-refractivity contribution >= 4 is 11.7 Å². The van der Waals surface area contributed by atoms with Gasteiger partial charge in [0, 0.05) is 32.4 Å². The molecule has 1 rings (SSSR count). The van der Waals surface area contributed by atoms with Crippen molar-refractivity contribution in [2.45, 2.75) is 91.9 Å². The number of hydrogen-bond acceptors (Lipinski definition) is 2. The fourth-order valence-corrected chi connectivity index (χ4v) is 3.46. The standard InChI is InChI=1S/C20H37NO2/c1-5-18(22)11-9-7-6-8-10-12-19(23)21-15-13-17(14-16-21)20(2,3)4/h17H,5-16H2,1-4H3. The molecule has 1 aliphatic heterocycles. The van der Waals surface area contributed by atoms with Crippen LogP contribution in [0.25, 0.3) is 0 Å². The number of Topliss-reactive ketones (excluding diaryl/α,β-unsaturated/α-hetero) is 1. The van der Waals surface area contributed by atoms with Gasteiger partial charge in [0.15, 0.2) is 0 Å². The molecule has 0 aliphatic carbocycles. The fraction of sp³-hybridized carbons (Fsp3) is 0.900. The lowest BCUT2D eigenvalue weighted by Crippen LogP contribution is -2.41. The molecule has 1 heterocycles. The highest BCUT2D eigenvalue weighted by molar-refractivity contribution is 5.77. The lowest BCUT2D eigenvalue weighted by atomic mass is 9.75. The van der Waals surface area contributed by atoms with E-state index in [0.29, 0.717) is 29.9 Å². The fourth-order valence-electron chi connectivity index (χ4n) is 3.46. The third kappa shape index (κ3) is 7.99. The molecule has 0 radical (unpaired) electrons. The molecular formula is C20H37NO2. The highest BCUT2D eigenvalue weighted by Crippen LogP contribution is 2.34. The molecule has 23 heavy (non-hydrogen) atoms. The smallest absolute Gasteiger partial charge is 0.222 e. The van der Waals surface area contributed by atoms with Gasteiger partial charge in [-0.1, -0.05) is 47.0 Å². The number of carbonyl (C=O) groups excluding carboxylic acids is 2. The quantitative estimate of drug-likeness (QED) is 0.561. The van der Waals surface area contributed by atoms with Gasteiger partial charge in [0.25, 0.3) is 0 Å². The highest BCUT2D eigenvalue weighted by Gasteiger charge is 2.29. The molecule has 1 saturated heterocycles. The maximum Gasteiger partial charge on any atom is 0.222 e. The first-order valence-corrected chi connectivity index (χ1v) is 9.64. The molecule has 1 fully saturated rings. The van der Waals surface area contributed by atoms with E-state index in [1.54, 1.807) is 0 Å². The number of ketones is 1. The van der Waals surface area contributed by atoms with Gasteiger partial charge in [-0.25, -0.2) is 0 Å². The molecule has 0 aromatic carbocycles. The van der Waals surface area contributed by atoms with Crippen molar-refractivity contribution in [3.05, 3.63) is 0 Å². The SMILES string of the molecule is CCC(=O)CCCCCCCC(=O)N1CCC(C(C)(C)C)CC1. The zero-order chi connectivity index (χ0) is 17.3. The summed E-state index contributed by atoms with van der Waals surface area (Å²) in [6, 6.07) is 0. The van der Waals surface area contributed by atoms with Crippen LogP contribution in [0.1, 0.15) is 91.9 Å². The Morgan fingerprint density at radius 2 is 1.43 bits per heavy atom. The summed E-state index contributed by atoms with van der Waals surface area (Å²) in [5.41, 5.74) is 0.369. The zero-order valence-electron chi connectivity index (χ0n) is 15.8. The minimum Gasteiger partial charge on any atom is -0.343 e. The van der Waals surface area contributed by atoms with E-state index < -0.39 is 0 Å². The van der Waals surface area contributed by atoms with Crippen molar-refractivity contribution in [1.82, 2.24) is 4.90 Å². The molecule has 3 nitrogen and oxygen atoms in total. The van der Waals surface area contributed by atoms with Gasteiger partial charge in [0.2, 0.25) is 5.91 Å². The minimum absolute atomic E-state index is 0.346. The van der Waals surface area contributed by atoms with E-state index >= 15 is 0 Å². The molecule has 0 aromatic heterocycles. The number of hydrogen-bond donors (Lipinski definition) is 0. The first-order valence-electron chi connectivity index (χ1n) is 9.64. The topological polar surface area (TPSA) is 37.4 Å². The monoisotopic (exact) mass is 323 g/mol. The summed E-state index contributed by atoms with van der Waals surface area (Å²) in [7, 11) is 0. The van der Waals surface area contributed by atoms with Gasteiger partial charge >= 0.3 is 0 Å². The van der Waals surface area contributed by atoms with E-state index in [9.17, 15) is 9.59 Å². The van der Waals surface area contributed by atoms with E-state index in [-0.39, 0.29) is 0 Å². The van der Waals surface area contributed by atoms with Crippen LogP contribution in [-0.4, -0.2) is 29.7 Å². The zero-order valence-corrected chi connectivity index (χ0v) is 15.8. The van der Waals surface area contributed by atoms with E-state index in [2.05, 4.69) is 25.7 Å². The number of unbranched alkanes of at least 4 members (excludes halogenated alkanes) is 4. The number of likely N-dealkylation sites (tertiary alicyclic amines) is 1. The van der Waals surface area contributed by atoms with Gasteiger partial charge in [0.1, 0.15) is 5.78 Å². The Bertz CT molecular complexity index is 362. The molecule has 0 saturated carbocycles. The van der Waals surface area contributed by atoms with Crippen molar-refractivity contribution in [1.29, 1.82) is 0 Å². The maximum absolute atomic E-state index is 12.3. The predicted octanol–water partition coefficient (Wildman–Crippen LogP) is 4.98. The average molecular weight is 324 g/mol. The third-order valence-electron chi connectivity index (χ3n) is 5.31. The summed E-state index contributed by atoms with van der Waals surface area (Å²) in [5, 5.41) is 0. The van der Waals surface area contributed by atoms with Crippen molar-refractivity contribution in [2.24, 2.45) is 11.3 Å². The lowest BCUT2D eigenvalue weighted by molar-refractivity contribution is -0.133. The van der Waals surface area contributed by atoms with E-state index in [1.165, 1.54) is 0 Å². The Morgan fingerprint density at radius 1 is 0.913 bits per heavy atom. The average Bonchev–Trinajstić information content (AvgIpc) is 2.52. The largest absolute Gasteiger partial charge is 0.343 e. The van der Waals surface area contributed by atoms with Crippen molar-refractivity contribution in [2.75, 3.05) is 13.1 Å². The second-order valence-electron chi connectivity index (χ2n) is 8.18. The molecule has 1 aliphatic rings. The van der Waals surface area contributed by atoms with Crippen molar-refractivity contribution < 1.29 is 9.59 Å². The van der Waals surface area contributed by atoms with Gasteiger partial charge in [-0.15, -0.1) is 0 Å². The first-order chi connectivity index (χ1) is 10.8. The van der Waals surface area contributed by atoms with Crippen LogP contribution < -0.4 is 0 Å². The van der Waals surface area contributed by atoms with Crippen LogP contribution in [-0.2, 0) is 9.59 Å². The number of amides is 1. The first kappa shape index (κ1) is 20.2. The van der Waals surface area contributed by atoms with Gasteiger partial charge in [-0.3, -0.25) is 9.59 Å². The van der Waals surface area contributed by atoms with Gasteiger partial charge in [0.05, 0.1) is 0 Å². The van der Waals surface area contributed by atoms with Gasteiger partial charge in [-0.2, -0.15) is 0 Å². The van der Waals surface area contributed by atoms with Crippen molar-refractivity contribution in [3.8, 4) is 0 Å². The molecule has 0 aromatic rings. The van der Waals surface area contributed by atoms with Gasteiger partial charge in [-0.05, 0) is 37.0 Å². The Morgan fingerprint density at radius 3 is 1.96 bits per heavy atom. The second-order valence-corrected chi connectivity index (χ2v) is 8.18. The number of carbonyl (C=O) groups is 2. The van der Waals surface area contributed by atoms with E-state index in [4.69, 9.17) is 0 Å². The Labute approximate surface area is 143 Å². The van der Waals surface area contributed by atoms with Crippen LogP contribution >= 0.6 is 0 Å². The summed E-state index contributed by atoms with van der Waals surface area (Å²) in [6.07, 6.45) is 9.81. The summed E-state index contributed by atoms with van der Waals surface area (Å²) < 4.78 is 0. The molecular weight excluding hydrogens is 286 g/mol. The molecule has 0 N–H and O–H groups in total. The third-order valence-corrected chi connectivity index (χ3v) is 5.31. The number of piperidine rings is 1. The summed E-state index contributed by atoms with van der Waals surface area (Å²) in [5.74, 6) is 1.47. The summed E-state index contributed by atoms with van der Waals surface area (Å²) in [4.78, 5) is 25.5. The van der Waals surface area contributed by atoms with Crippen LogP contribution in [0.2, 0.25) is 0 Å². The Balaban J connectivity index is 2.06. The minimum atomic E-state index is 0.346. The van der Waals surface area contributed by atoms with E-state index in [1.807, 2.05) is 6.92 Å². The van der Waals surface area contributed by atoms with Crippen molar-refractivity contribution in [3.63, 3.8) is 0 Å². The number of nitrogens with zero attached hydrogens (tertiary/aromatic N) is 1. The molecule has 0 unspecified atom stereocenters. The van der Waals surface area contributed by atoms with Gasteiger partial charge < -0.3 is 4.90 Å². The molecule has 1 amide bonds. The molecule has 134 valence electrons. The predicted molar refractivity (Wildman–Crippen MR) is 96.4 cm³/mol. The highest BCUT2D eigenvalue weighted by atomic mass is 16.2. The lowest BCUT2D eigenvalue weighted by Gasteiger charge is -2.38. The summed E-state index contributed by atoms with van der Waals surface area (Å²) >= 11 is 0. The number of rotatable bonds is 9. The van der Waals surface area contributed by atoms with Crippen LogP contribution in [0.15, 0.2) is 0 Å². The molecule has 0 bridgehead atoms. The Kier molecular flexibility index (Phi) is 8.86. The molecule has 3 heteroatoms. The van der Waals surface area contributed by atoms with Crippen LogP contribution in [0.5, 0.6) is 0 Å². The van der Waals surface area contributed by atoms with Crippen LogP contribution in [0, 0.1) is 11.3 Å². The Hall–Kier alpha value is -0.860. The van der Waals surface area contributed by atoms with E-state index in [0.717, 1.165) is 70.4 Å². The molecule has 0 spiro atoms. The molecule has 0 atom stereocenters.